The van der Waals surface area contributed by atoms with Crippen molar-refractivity contribution >= 4 is 43.2 Å². The molecule has 0 atom stereocenters. The van der Waals surface area contributed by atoms with Gasteiger partial charge in [-0.1, -0.05) is 0 Å². The summed E-state index contributed by atoms with van der Waals surface area (Å²) >= 11 is 8.66. The molecule has 1 aromatic heterocycles. The van der Waals surface area contributed by atoms with E-state index in [-0.39, 0.29) is 0 Å². The molecule has 108 valence electrons. The van der Waals surface area contributed by atoms with Crippen LogP contribution < -0.4 is 15.2 Å². The molecule has 1 heterocycles. The van der Waals surface area contributed by atoms with Crippen LogP contribution >= 0.6 is 43.2 Å². The van der Waals surface area contributed by atoms with Gasteiger partial charge in [-0.3, -0.25) is 0 Å². The minimum Gasteiger partial charge on any atom is -0.496 e. The third-order valence-corrected chi connectivity index (χ3v) is 5.22. The van der Waals surface area contributed by atoms with Crippen molar-refractivity contribution in [2.75, 3.05) is 7.11 Å². The number of ether oxygens (including phenoxy) is 2. The topological polar surface area (TPSA) is 44.5 Å². The molecule has 0 amide bonds. The quantitative estimate of drug-likeness (QED) is 0.766. The first-order valence-electron chi connectivity index (χ1n) is 5.99. The molecule has 2 N–H and O–H groups in total. The zero-order chi connectivity index (χ0) is 14.7. The molecule has 0 fully saturated rings. The van der Waals surface area contributed by atoms with Gasteiger partial charge >= 0.3 is 0 Å². The highest BCUT2D eigenvalue weighted by Gasteiger charge is 2.10. The molecule has 0 saturated carbocycles. The second kappa shape index (κ2) is 6.93. The second-order valence-electron chi connectivity index (χ2n) is 4.20. The van der Waals surface area contributed by atoms with Crippen LogP contribution in [0.1, 0.15) is 15.3 Å². The Morgan fingerprint density at radius 2 is 1.80 bits per heavy atom. The summed E-state index contributed by atoms with van der Waals surface area (Å²) < 4.78 is 12.8. The van der Waals surface area contributed by atoms with E-state index in [0.29, 0.717) is 13.2 Å². The Morgan fingerprint density at radius 3 is 2.40 bits per heavy atom. The number of benzene rings is 1. The van der Waals surface area contributed by atoms with E-state index < -0.39 is 0 Å². The summed E-state index contributed by atoms with van der Waals surface area (Å²) in [6.07, 6.45) is 0. The van der Waals surface area contributed by atoms with Gasteiger partial charge in [-0.25, -0.2) is 0 Å². The van der Waals surface area contributed by atoms with Gasteiger partial charge in [-0.2, -0.15) is 0 Å². The lowest BCUT2D eigenvalue weighted by molar-refractivity contribution is 0.303. The summed E-state index contributed by atoms with van der Waals surface area (Å²) in [5, 5.41) is 0. The molecule has 0 radical (unpaired) electrons. The number of hydrogen-bond donors (Lipinski definition) is 1. The average molecular weight is 421 g/mol. The van der Waals surface area contributed by atoms with Gasteiger partial charge in [0.05, 0.1) is 16.1 Å². The minimum atomic E-state index is 0.527. The van der Waals surface area contributed by atoms with Crippen molar-refractivity contribution in [1.29, 1.82) is 0 Å². The maximum Gasteiger partial charge on any atom is 0.135 e. The van der Waals surface area contributed by atoms with E-state index in [1.54, 1.807) is 18.4 Å². The van der Waals surface area contributed by atoms with E-state index in [0.717, 1.165) is 20.4 Å². The third kappa shape index (κ3) is 3.55. The van der Waals surface area contributed by atoms with Crippen LogP contribution in [0.4, 0.5) is 0 Å². The lowest BCUT2D eigenvalue weighted by Crippen LogP contribution is -1.97. The zero-order valence-electron chi connectivity index (χ0n) is 11.2. The Bertz CT molecular complexity index is 613. The van der Waals surface area contributed by atoms with Gasteiger partial charge in [0, 0.05) is 21.9 Å². The Hall–Kier alpha value is -0.560. The van der Waals surface area contributed by atoms with E-state index in [2.05, 4.69) is 44.8 Å². The number of nitrogens with two attached hydrogens (primary N) is 1. The van der Waals surface area contributed by atoms with Crippen molar-refractivity contribution < 1.29 is 9.47 Å². The van der Waals surface area contributed by atoms with Crippen LogP contribution in [0.3, 0.4) is 0 Å². The van der Waals surface area contributed by atoms with E-state index in [9.17, 15) is 0 Å². The van der Waals surface area contributed by atoms with Crippen LogP contribution in [0.15, 0.2) is 27.1 Å². The molecular weight excluding hydrogens is 406 g/mol. The number of thiophene rings is 1. The molecule has 0 aliphatic heterocycles. The first kappa shape index (κ1) is 15.8. The van der Waals surface area contributed by atoms with Crippen molar-refractivity contribution in [3.8, 4) is 11.5 Å². The summed E-state index contributed by atoms with van der Waals surface area (Å²) in [5.41, 5.74) is 6.83. The van der Waals surface area contributed by atoms with E-state index in [1.807, 2.05) is 12.1 Å². The monoisotopic (exact) mass is 419 g/mol. The summed E-state index contributed by atoms with van der Waals surface area (Å²) in [4.78, 5) is 2.42. The van der Waals surface area contributed by atoms with Gasteiger partial charge in [0.25, 0.3) is 0 Å². The molecule has 0 unspecified atom stereocenters. The maximum absolute atomic E-state index is 5.88. The second-order valence-corrected chi connectivity index (χ2v) is 7.25. The molecule has 0 aliphatic carbocycles. The van der Waals surface area contributed by atoms with Crippen molar-refractivity contribution in [3.05, 3.63) is 42.5 Å². The smallest absolute Gasteiger partial charge is 0.135 e. The fraction of sp³-hybridized carbons (Fsp3) is 0.286. The fourth-order valence-corrected chi connectivity index (χ4v) is 3.61. The van der Waals surface area contributed by atoms with Gasteiger partial charge in [0.15, 0.2) is 0 Å². The summed E-state index contributed by atoms with van der Waals surface area (Å²) in [7, 11) is 1.64. The van der Waals surface area contributed by atoms with Crippen LogP contribution in [-0.4, -0.2) is 7.11 Å². The van der Waals surface area contributed by atoms with Crippen LogP contribution in [0, 0.1) is 6.92 Å². The normalized spacial score (nSPS) is 10.7. The summed E-state index contributed by atoms with van der Waals surface area (Å²) in [5.74, 6) is 1.54. The average Bonchev–Trinajstić information content (AvgIpc) is 2.80. The molecule has 0 spiro atoms. The van der Waals surface area contributed by atoms with Crippen molar-refractivity contribution in [2.45, 2.75) is 20.1 Å². The van der Waals surface area contributed by atoms with E-state index in [4.69, 9.17) is 15.2 Å². The molecule has 0 saturated heterocycles. The van der Waals surface area contributed by atoms with E-state index >= 15 is 0 Å². The highest BCUT2D eigenvalue weighted by molar-refractivity contribution is 9.11. The SMILES string of the molecule is COc1cc(Br)c(OCc2cc(CN)sc2C)cc1Br. The molecule has 6 heteroatoms. The molecule has 3 nitrogen and oxygen atoms in total. The molecular formula is C14H15Br2NO2S. The van der Waals surface area contributed by atoms with Gasteiger partial charge in [-0.05, 0) is 57.0 Å². The maximum atomic E-state index is 5.88. The molecule has 20 heavy (non-hydrogen) atoms. The standard InChI is InChI=1S/C14H15Br2NO2S/c1-8-9(3-10(6-17)20-8)7-19-14-5-11(15)13(18-2)4-12(14)16/h3-5H,6-7,17H2,1-2H3. The number of hydrogen-bond acceptors (Lipinski definition) is 4. The Kier molecular flexibility index (Phi) is 5.49. The number of aryl methyl sites for hydroxylation is 1. The summed E-state index contributed by atoms with van der Waals surface area (Å²) in [6, 6.07) is 5.88. The number of rotatable bonds is 5. The molecule has 2 aromatic rings. The predicted octanol–water partition coefficient (Wildman–Crippen LogP) is 4.63. The van der Waals surface area contributed by atoms with Gasteiger partial charge in [0.1, 0.15) is 18.1 Å². The van der Waals surface area contributed by atoms with Crippen molar-refractivity contribution in [3.63, 3.8) is 0 Å². The van der Waals surface area contributed by atoms with Crippen molar-refractivity contribution in [2.24, 2.45) is 5.73 Å². The molecule has 0 bridgehead atoms. The Balaban J connectivity index is 2.14. The van der Waals surface area contributed by atoms with Gasteiger partial charge in [0.2, 0.25) is 0 Å². The zero-order valence-corrected chi connectivity index (χ0v) is 15.2. The first-order chi connectivity index (χ1) is 9.55. The van der Waals surface area contributed by atoms with Crippen LogP contribution in [0.25, 0.3) is 0 Å². The van der Waals surface area contributed by atoms with Crippen molar-refractivity contribution in [1.82, 2.24) is 0 Å². The number of methoxy groups -OCH3 is 1. The highest BCUT2D eigenvalue weighted by atomic mass is 79.9. The third-order valence-electron chi connectivity index (χ3n) is 2.86. The largest absolute Gasteiger partial charge is 0.496 e. The van der Waals surface area contributed by atoms with E-state index in [1.165, 1.54) is 15.3 Å². The Morgan fingerprint density at radius 1 is 1.15 bits per heavy atom. The predicted molar refractivity (Wildman–Crippen MR) is 89.7 cm³/mol. The summed E-state index contributed by atoms with van der Waals surface area (Å²) in [6.45, 7) is 3.19. The fourth-order valence-electron chi connectivity index (χ4n) is 1.76. The number of halogens is 2. The Labute approximate surface area is 139 Å². The minimum absolute atomic E-state index is 0.527. The lowest BCUT2D eigenvalue weighted by Gasteiger charge is -2.11. The molecule has 0 aliphatic rings. The van der Waals surface area contributed by atoms with Crippen LogP contribution in [-0.2, 0) is 13.2 Å². The first-order valence-corrected chi connectivity index (χ1v) is 8.39. The van der Waals surface area contributed by atoms with Crippen LogP contribution in [0.2, 0.25) is 0 Å². The molecule has 1 aromatic carbocycles. The highest BCUT2D eigenvalue weighted by Crippen LogP contribution is 2.36. The van der Waals surface area contributed by atoms with Gasteiger partial charge in [-0.15, -0.1) is 11.3 Å². The molecule has 2 rings (SSSR count). The lowest BCUT2D eigenvalue weighted by atomic mass is 10.2. The van der Waals surface area contributed by atoms with Crippen LogP contribution in [0.5, 0.6) is 11.5 Å². The van der Waals surface area contributed by atoms with Gasteiger partial charge < -0.3 is 15.2 Å².